The zero-order chi connectivity index (χ0) is 43.3. The van der Waals surface area contributed by atoms with Gasteiger partial charge in [0.15, 0.2) is 24.2 Å². The minimum Gasteiger partial charge on any atom is -0.353 e. The van der Waals surface area contributed by atoms with E-state index in [1.165, 1.54) is 153 Å². The standard InChI is InChI=1S/C51H90F2N2O6/c52-46(33-25-21-17-13-9-5-1-3-7-11-15-19-23-29-39-58-48-35-27-31-41-60-48)50(56)54-44-37-38-45(43-44)55-51(57)47(53)34-26-22-18-14-10-6-2-4-8-12-16-20-24-30-40-59-49-36-28-32-42-61-49/h33-34,44-45,48-49H,1-32,35-43H2,(H,54,56)(H,55,57)/b46-33-,47-34+/t44-,45+,48?,49?/m1/s1. The van der Waals surface area contributed by atoms with Gasteiger partial charge in [-0.25, -0.2) is 8.78 Å². The van der Waals surface area contributed by atoms with Crippen molar-refractivity contribution in [3.8, 4) is 0 Å². The number of carbonyl (C=O) groups excluding carboxylic acids is 2. The molecule has 0 spiro atoms. The highest BCUT2D eigenvalue weighted by molar-refractivity contribution is 5.92. The molecule has 2 heterocycles. The largest absolute Gasteiger partial charge is 0.353 e. The van der Waals surface area contributed by atoms with Crippen molar-refractivity contribution in [1.82, 2.24) is 10.6 Å². The van der Waals surface area contributed by atoms with Gasteiger partial charge in [-0.15, -0.1) is 0 Å². The molecule has 0 aromatic carbocycles. The number of carbonyl (C=O) groups is 2. The van der Waals surface area contributed by atoms with Crippen molar-refractivity contribution in [2.75, 3.05) is 26.4 Å². The van der Waals surface area contributed by atoms with Crippen LogP contribution in [-0.4, -0.2) is 62.9 Å². The Balaban J connectivity index is 1.03. The van der Waals surface area contributed by atoms with Gasteiger partial charge in [0.1, 0.15) is 0 Å². The molecule has 0 bridgehead atoms. The first-order chi connectivity index (χ1) is 30.0. The number of hydrogen-bond donors (Lipinski definition) is 2. The van der Waals surface area contributed by atoms with E-state index in [0.717, 1.165) is 90.6 Å². The van der Waals surface area contributed by atoms with E-state index < -0.39 is 23.5 Å². The van der Waals surface area contributed by atoms with Gasteiger partial charge < -0.3 is 29.6 Å². The first-order valence-corrected chi connectivity index (χ1v) is 25.8. The third-order valence-corrected chi connectivity index (χ3v) is 12.8. The number of ether oxygens (including phenoxy) is 4. The summed E-state index contributed by atoms with van der Waals surface area (Å²) in [7, 11) is 0. The summed E-state index contributed by atoms with van der Waals surface area (Å²) < 4.78 is 51.8. The highest BCUT2D eigenvalue weighted by Crippen LogP contribution is 2.22. The molecule has 0 aromatic heterocycles. The number of nitrogens with one attached hydrogen (secondary N) is 2. The van der Waals surface area contributed by atoms with Gasteiger partial charge in [0.25, 0.3) is 11.8 Å². The number of rotatable bonds is 38. The topological polar surface area (TPSA) is 95.1 Å². The molecule has 2 saturated heterocycles. The quantitative estimate of drug-likeness (QED) is 0.0474. The average molecular weight is 865 g/mol. The second kappa shape index (κ2) is 37.5. The lowest BCUT2D eigenvalue weighted by molar-refractivity contribution is -0.163. The van der Waals surface area contributed by atoms with Crippen LogP contribution in [0.1, 0.15) is 238 Å². The third kappa shape index (κ3) is 29.2. The van der Waals surface area contributed by atoms with Gasteiger partial charge in [0.2, 0.25) is 0 Å². The molecular weight excluding hydrogens is 775 g/mol. The van der Waals surface area contributed by atoms with Crippen molar-refractivity contribution < 1.29 is 37.3 Å². The maximum atomic E-state index is 14.5. The maximum absolute atomic E-state index is 14.5. The summed E-state index contributed by atoms with van der Waals surface area (Å²) in [5.74, 6) is -2.84. The average Bonchev–Trinajstić information content (AvgIpc) is 3.72. The van der Waals surface area contributed by atoms with Crippen LogP contribution in [0.3, 0.4) is 0 Å². The molecule has 8 nitrogen and oxygen atoms in total. The summed E-state index contributed by atoms with van der Waals surface area (Å²) in [6, 6.07) is -0.447. The SMILES string of the molecule is O=C(N[C@@H]1CC[C@H](NC(=O)/C(F)=C\CCCCCCCCCCCCCCCOC2CCCCO2)C1)/C(F)=C/CCCCCCCCCCCCCCCOC1CCCCO1. The first-order valence-electron chi connectivity index (χ1n) is 25.8. The number of unbranched alkanes of at least 4 members (excludes halogenated alkanes) is 26. The molecular formula is C51H90F2N2O6. The zero-order valence-electron chi connectivity index (χ0n) is 38.7. The van der Waals surface area contributed by atoms with Crippen LogP contribution in [0.5, 0.6) is 0 Å². The molecule has 10 heteroatoms. The van der Waals surface area contributed by atoms with E-state index in [4.69, 9.17) is 18.9 Å². The molecule has 61 heavy (non-hydrogen) atoms. The van der Waals surface area contributed by atoms with E-state index in [-0.39, 0.29) is 24.7 Å². The van der Waals surface area contributed by atoms with Gasteiger partial charge in [-0.1, -0.05) is 141 Å². The molecule has 3 aliphatic rings. The van der Waals surface area contributed by atoms with Crippen LogP contribution < -0.4 is 10.6 Å². The molecule has 2 aliphatic heterocycles. The molecule has 2 amide bonds. The summed E-state index contributed by atoms with van der Waals surface area (Å²) >= 11 is 0. The second-order valence-corrected chi connectivity index (χ2v) is 18.4. The highest BCUT2D eigenvalue weighted by atomic mass is 19.1. The Morgan fingerprint density at radius 2 is 0.754 bits per heavy atom. The lowest BCUT2D eigenvalue weighted by atomic mass is 10.0. The van der Waals surface area contributed by atoms with Crippen molar-refractivity contribution in [3.05, 3.63) is 23.8 Å². The molecule has 2 N–H and O–H groups in total. The molecule has 0 aromatic rings. The Kier molecular flexibility index (Phi) is 32.9. The van der Waals surface area contributed by atoms with E-state index in [0.29, 0.717) is 32.1 Å². The monoisotopic (exact) mass is 865 g/mol. The fourth-order valence-corrected chi connectivity index (χ4v) is 8.89. The lowest BCUT2D eigenvalue weighted by Crippen LogP contribution is -2.37. The highest BCUT2D eigenvalue weighted by Gasteiger charge is 2.28. The second-order valence-electron chi connectivity index (χ2n) is 18.4. The molecule has 3 rings (SSSR count). The minimum atomic E-state index is -0.733. The third-order valence-electron chi connectivity index (χ3n) is 12.8. The van der Waals surface area contributed by atoms with Crippen molar-refractivity contribution >= 4 is 11.8 Å². The van der Waals surface area contributed by atoms with E-state index in [2.05, 4.69) is 10.6 Å². The van der Waals surface area contributed by atoms with E-state index >= 15 is 0 Å². The number of amides is 2. The predicted molar refractivity (Wildman–Crippen MR) is 244 cm³/mol. The number of hydrogen-bond acceptors (Lipinski definition) is 6. The van der Waals surface area contributed by atoms with Gasteiger partial charge >= 0.3 is 0 Å². The minimum absolute atomic E-state index is 0.0433. The molecule has 2 unspecified atom stereocenters. The van der Waals surface area contributed by atoms with Crippen LogP contribution in [0.4, 0.5) is 8.78 Å². The van der Waals surface area contributed by atoms with Gasteiger partial charge in [0.05, 0.1) is 0 Å². The summed E-state index contributed by atoms with van der Waals surface area (Å²) in [5, 5.41) is 5.53. The van der Waals surface area contributed by atoms with E-state index in [9.17, 15) is 18.4 Å². The summed E-state index contributed by atoms with van der Waals surface area (Å²) in [6.45, 7) is 3.36. The van der Waals surface area contributed by atoms with E-state index in [1.807, 2.05) is 0 Å². The van der Waals surface area contributed by atoms with Crippen LogP contribution >= 0.6 is 0 Å². The van der Waals surface area contributed by atoms with Crippen molar-refractivity contribution in [2.24, 2.45) is 0 Å². The van der Waals surface area contributed by atoms with Gasteiger partial charge in [-0.2, -0.15) is 0 Å². The van der Waals surface area contributed by atoms with Crippen molar-refractivity contribution in [2.45, 2.75) is 262 Å². The number of halogens is 2. The van der Waals surface area contributed by atoms with Crippen LogP contribution in [-0.2, 0) is 28.5 Å². The van der Waals surface area contributed by atoms with Crippen molar-refractivity contribution in [1.29, 1.82) is 0 Å². The van der Waals surface area contributed by atoms with Gasteiger partial charge in [-0.3, -0.25) is 9.59 Å². The Hall–Kier alpha value is -1.88. The van der Waals surface area contributed by atoms with Crippen LogP contribution in [0.25, 0.3) is 0 Å². The predicted octanol–water partition coefficient (Wildman–Crippen LogP) is 13.9. The fourth-order valence-electron chi connectivity index (χ4n) is 8.89. The molecule has 1 saturated carbocycles. The Morgan fingerprint density at radius 1 is 0.443 bits per heavy atom. The van der Waals surface area contributed by atoms with Crippen LogP contribution in [0, 0.1) is 0 Å². The molecule has 3 fully saturated rings. The smallest absolute Gasteiger partial charge is 0.279 e. The first kappa shape index (κ1) is 53.5. The summed E-state index contributed by atoms with van der Waals surface area (Å²) in [5.41, 5.74) is 0. The molecule has 354 valence electrons. The lowest BCUT2D eigenvalue weighted by Gasteiger charge is -2.22. The Labute approximate surface area is 371 Å². The summed E-state index contributed by atoms with van der Waals surface area (Å²) in [6.07, 6.45) is 44.2. The maximum Gasteiger partial charge on any atom is 0.279 e. The van der Waals surface area contributed by atoms with Crippen molar-refractivity contribution in [3.63, 3.8) is 0 Å². The molecule has 0 radical (unpaired) electrons. The van der Waals surface area contributed by atoms with Crippen LogP contribution in [0.15, 0.2) is 23.8 Å². The van der Waals surface area contributed by atoms with E-state index in [1.54, 1.807) is 0 Å². The van der Waals surface area contributed by atoms with Gasteiger partial charge in [0, 0.05) is 38.5 Å². The Morgan fingerprint density at radius 3 is 1.07 bits per heavy atom. The molecule has 4 atom stereocenters. The fraction of sp³-hybridized carbons (Fsp3) is 0.882. The van der Waals surface area contributed by atoms with Gasteiger partial charge in [-0.05, 0) is 108 Å². The number of allylic oxidation sites excluding steroid dienone is 2. The normalized spacial score (nSPS) is 21.2. The zero-order valence-corrected chi connectivity index (χ0v) is 38.7. The van der Waals surface area contributed by atoms with Crippen LogP contribution in [0.2, 0.25) is 0 Å². The summed E-state index contributed by atoms with van der Waals surface area (Å²) in [4.78, 5) is 24.8. The molecule has 1 aliphatic carbocycles. The Bertz CT molecular complexity index is 1060.